The lowest BCUT2D eigenvalue weighted by Crippen LogP contribution is -2.47. The molecule has 0 atom stereocenters. The van der Waals surface area contributed by atoms with Crippen LogP contribution in [0.3, 0.4) is 0 Å². The minimum atomic E-state index is -0.138. The average molecular weight is 310 g/mol. The molecule has 5 nitrogen and oxygen atoms in total. The maximum atomic E-state index is 12.5. The SMILES string of the molecule is CCC(CC)(CC)NC(=O)c1sc(N2CCCC2)nc1N. The normalized spacial score (nSPS) is 15.5. The van der Waals surface area contributed by atoms with Crippen LogP contribution in [0.1, 0.15) is 62.5 Å². The Balaban J connectivity index is 2.15. The van der Waals surface area contributed by atoms with Crippen molar-refractivity contribution >= 4 is 28.2 Å². The summed E-state index contributed by atoms with van der Waals surface area (Å²) in [6.07, 6.45) is 5.13. The molecule has 0 saturated carbocycles. The van der Waals surface area contributed by atoms with Crippen LogP contribution in [-0.4, -0.2) is 29.5 Å². The number of nitrogen functional groups attached to an aromatic ring is 1. The molecule has 1 aliphatic heterocycles. The average Bonchev–Trinajstić information content (AvgIpc) is 3.14. The van der Waals surface area contributed by atoms with Gasteiger partial charge in [-0.05, 0) is 32.1 Å². The molecule has 1 aromatic rings. The van der Waals surface area contributed by atoms with Gasteiger partial charge in [-0.1, -0.05) is 32.1 Å². The third kappa shape index (κ3) is 3.31. The summed E-state index contributed by atoms with van der Waals surface area (Å²) in [6, 6.07) is 0. The first kappa shape index (κ1) is 16.1. The van der Waals surface area contributed by atoms with Crippen molar-refractivity contribution in [1.29, 1.82) is 0 Å². The van der Waals surface area contributed by atoms with Gasteiger partial charge in [0.2, 0.25) is 0 Å². The number of nitrogens with one attached hydrogen (secondary N) is 1. The summed E-state index contributed by atoms with van der Waals surface area (Å²) in [5, 5.41) is 4.05. The molecule has 6 heteroatoms. The van der Waals surface area contributed by atoms with Gasteiger partial charge in [0.15, 0.2) is 5.13 Å². The van der Waals surface area contributed by atoms with Gasteiger partial charge < -0.3 is 16.0 Å². The number of hydrogen-bond acceptors (Lipinski definition) is 5. The Morgan fingerprint density at radius 1 is 1.29 bits per heavy atom. The summed E-state index contributed by atoms with van der Waals surface area (Å²) in [5.74, 6) is 0.276. The molecular formula is C15H26N4OS. The van der Waals surface area contributed by atoms with Gasteiger partial charge in [-0.25, -0.2) is 4.98 Å². The fraction of sp³-hybridized carbons (Fsp3) is 0.733. The molecule has 1 aromatic heterocycles. The third-order valence-corrected chi connectivity index (χ3v) is 5.76. The van der Waals surface area contributed by atoms with Crippen LogP contribution < -0.4 is 16.0 Å². The summed E-state index contributed by atoms with van der Waals surface area (Å²) in [5.41, 5.74) is 5.83. The van der Waals surface area contributed by atoms with Gasteiger partial charge in [-0.2, -0.15) is 0 Å². The lowest BCUT2D eigenvalue weighted by atomic mass is 9.90. The lowest BCUT2D eigenvalue weighted by molar-refractivity contribution is 0.0893. The van der Waals surface area contributed by atoms with E-state index in [-0.39, 0.29) is 11.4 Å². The van der Waals surface area contributed by atoms with Crippen LogP contribution in [0.4, 0.5) is 10.9 Å². The number of aromatic nitrogens is 1. The molecule has 0 bridgehead atoms. The first-order valence-corrected chi connectivity index (χ1v) is 8.70. The zero-order valence-electron chi connectivity index (χ0n) is 13.2. The third-order valence-electron chi connectivity index (χ3n) is 4.63. The monoisotopic (exact) mass is 310 g/mol. The largest absolute Gasteiger partial charge is 0.382 e. The fourth-order valence-corrected chi connectivity index (χ4v) is 3.77. The second-order valence-corrected chi connectivity index (χ2v) is 6.68. The number of carbonyl (C=O) groups is 1. The number of amides is 1. The van der Waals surface area contributed by atoms with E-state index >= 15 is 0 Å². The highest BCUT2D eigenvalue weighted by molar-refractivity contribution is 7.18. The molecule has 0 aromatic carbocycles. The first-order valence-electron chi connectivity index (χ1n) is 7.89. The number of nitrogens with two attached hydrogens (primary N) is 1. The Labute approximate surface area is 130 Å². The summed E-state index contributed by atoms with van der Waals surface area (Å²) in [6.45, 7) is 8.35. The zero-order chi connectivity index (χ0) is 15.5. The topological polar surface area (TPSA) is 71.2 Å². The number of carbonyl (C=O) groups excluding carboxylic acids is 1. The molecule has 0 unspecified atom stereocenters. The summed E-state index contributed by atoms with van der Waals surface area (Å²) in [4.78, 5) is 19.7. The van der Waals surface area contributed by atoms with E-state index in [1.165, 1.54) is 24.2 Å². The second-order valence-electron chi connectivity index (χ2n) is 5.70. The second kappa shape index (κ2) is 6.64. The van der Waals surface area contributed by atoms with E-state index in [9.17, 15) is 4.79 Å². The molecule has 0 radical (unpaired) electrons. The highest BCUT2D eigenvalue weighted by Crippen LogP contribution is 2.31. The number of thiazole rings is 1. The van der Waals surface area contributed by atoms with Crippen LogP contribution >= 0.6 is 11.3 Å². The molecule has 1 saturated heterocycles. The number of rotatable bonds is 6. The Kier molecular flexibility index (Phi) is 5.08. The van der Waals surface area contributed by atoms with E-state index in [0.29, 0.717) is 10.7 Å². The maximum absolute atomic E-state index is 12.5. The van der Waals surface area contributed by atoms with Crippen LogP contribution in [0.25, 0.3) is 0 Å². The van der Waals surface area contributed by atoms with Gasteiger partial charge in [0.25, 0.3) is 5.91 Å². The summed E-state index contributed by atoms with van der Waals surface area (Å²) in [7, 11) is 0. The Morgan fingerprint density at radius 3 is 2.38 bits per heavy atom. The molecule has 2 heterocycles. The van der Waals surface area contributed by atoms with Gasteiger partial charge in [0.05, 0.1) is 0 Å². The minimum Gasteiger partial charge on any atom is -0.382 e. The highest BCUT2D eigenvalue weighted by Gasteiger charge is 2.29. The molecular weight excluding hydrogens is 284 g/mol. The van der Waals surface area contributed by atoms with Crippen LogP contribution in [0.15, 0.2) is 0 Å². The van der Waals surface area contributed by atoms with Crippen molar-refractivity contribution in [2.45, 2.75) is 58.4 Å². The molecule has 21 heavy (non-hydrogen) atoms. The van der Waals surface area contributed by atoms with Gasteiger partial charge in [0, 0.05) is 18.6 Å². The molecule has 1 fully saturated rings. The predicted octanol–water partition coefficient (Wildman–Crippen LogP) is 3.02. The molecule has 0 aliphatic carbocycles. The van der Waals surface area contributed by atoms with Crippen molar-refractivity contribution in [3.63, 3.8) is 0 Å². The maximum Gasteiger partial charge on any atom is 0.265 e. The summed E-state index contributed by atoms with van der Waals surface area (Å²) >= 11 is 1.41. The lowest BCUT2D eigenvalue weighted by Gasteiger charge is -2.31. The predicted molar refractivity (Wildman–Crippen MR) is 89.0 cm³/mol. The van der Waals surface area contributed by atoms with Gasteiger partial charge >= 0.3 is 0 Å². The van der Waals surface area contributed by atoms with E-state index in [0.717, 1.165) is 37.5 Å². The van der Waals surface area contributed by atoms with E-state index in [2.05, 4.69) is 36.0 Å². The number of nitrogens with zero attached hydrogens (tertiary/aromatic N) is 2. The molecule has 2 rings (SSSR count). The van der Waals surface area contributed by atoms with E-state index < -0.39 is 0 Å². The van der Waals surface area contributed by atoms with Crippen molar-refractivity contribution in [2.24, 2.45) is 0 Å². The molecule has 1 amide bonds. The summed E-state index contributed by atoms with van der Waals surface area (Å²) < 4.78 is 0. The number of hydrogen-bond donors (Lipinski definition) is 2. The highest BCUT2D eigenvalue weighted by atomic mass is 32.1. The van der Waals surface area contributed by atoms with Gasteiger partial charge in [-0.15, -0.1) is 0 Å². The molecule has 118 valence electrons. The Bertz CT molecular complexity index is 482. The van der Waals surface area contributed by atoms with Crippen molar-refractivity contribution in [1.82, 2.24) is 10.3 Å². The van der Waals surface area contributed by atoms with Crippen molar-refractivity contribution in [3.8, 4) is 0 Å². The Morgan fingerprint density at radius 2 is 1.86 bits per heavy atom. The van der Waals surface area contributed by atoms with E-state index in [1.54, 1.807) is 0 Å². The van der Waals surface area contributed by atoms with Crippen molar-refractivity contribution < 1.29 is 4.79 Å². The quantitative estimate of drug-likeness (QED) is 0.847. The van der Waals surface area contributed by atoms with Gasteiger partial charge in [-0.3, -0.25) is 4.79 Å². The minimum absolute atomic E-state index is 0.0824. The fourth-order valence-electron chi connectivity index (χ4n) is 2.84. The first-order chi connectivity index (χ1) is 10.0. The van der Waals surface area contributed by atoms with Crippen molar-refractivity contribution in [3.05, 3.63) is 4.88 Å². The van der Waals surface area contributed by atoms with Crippen LogP contribution in [0.5, 0.6) is 0 Å². The van der Waals surface area contributed by atoms with Gasteiger partial charge in [0.1, 0.15) is 10.7 Å². The zero-order valence-corrected chi connectivity index (χ0v) is 14.1. The van der Waals surface area contributed by atoms with E-state index in [4.69, 9.17) is 5.73 Å². The molecule has 3 N–H and O–H groups in total. The Hall–Kier alpha value is -1.30. The number of anilines is 2. The van der Waals surface area contributed by atoms with Crippen LogP contribution in [-0.2, 0) is 0 Å². The smallest absolute Gasteiger partial charge is 0.265 e. The molecule has 1 aliphatic rings. The van der Waals surface area contributed by atoms with E-state index in [1.807, 2.05) is 0 Å². The van der Waals surface area contributed by atoms with Crippen molar-refractivity contribution in [2.75, 3.05) is 23.7 Å². The standard InChI is InChI=1S/C15H26N4OS/c1-4-15(5-2,6-3)18-13(20)11-12(16)17-14(21-11)19-9-7-8-10-19/h4-10,16H2,1-3H3,(H,18,20). The van der Waals surface area contributed by atoms with Crippen LogP contribution in [0, 0.1) is 0 Å². The molecule has 0 spiro atoms. The van der Waals surface area contributed by atoms with Crippen LogP contribution in [0.2, 0.25) is 0 Å².